The Bertz CT molecular complexity index is 887. The number of ether oxygens (including phenoxy) is 1. The number of halogens is 1. The predicted molar refractivity (Wildman–Crippen MR) is 104 cm³/mol. The smallest absolute Gasteiger partial charge is 0.326 e. The molecule has 0 bridgehead atoms. The third kappa shape index (κ3) is 6.91. The maximum absolute atomic E-state index is 13.4. The third-order valence-corrected chi connectivity index (χ3v) is 4.21. The van der Waals surface area contributed by atoms with E-state index in [1.165, 1.54) is 32.2 Å². The molecule has 2 amide bonds. The lowest BCUT2D eigenvalue weighted by Crippen LogP contribution is -2.52. The van der Waals surface area contributed by atoms with E-state index in [1.54, 1.807) is 30.3 Å². The number of nitrogens with one attached hydrogen (secondary N) is 2. The quantitative estimate of drug-likeness (QED) is 0.592. The molecule has 2 atom stereocenters. The summed E-state index contributed by atoms with van der Waals surface area (Å²) in [6.07, 6.45) is 0.0553. The molecule has 2 aromatic carbocycles. The molecule has 154 valence electrons. The molecule has 0 fully saturated rings. The number of amides is 2. The Morgan fingerprint density at radius 3 is 2.21 bits per heavy atom. The highest BCUT2D eigenvalue weighted by atomic mass is 19.1. The van der Waals surface area contributed by atoms with Crippen LogP contribution in [0.1, 0.15) is 18.1 Å². The van der Waals surface area contributed by atoms with Gasteiger partial charge in [0.05, 0.1) is 7.11 Å². The zero-order valence-electron chi connectivity index (χ0n) is 16.1. The second kappa shape index (κ2) is 10.2. The van der Waals surface area contributed by atoms with Crippen LogP contribution in [-0.4, -0.2) is 42.1 Å². The molecule has 2 aromatic rings. The topological polar surface area (TPSA) is 105 Å². The van der Waals surface area contributed by atoms with Gasteiger partial charge in [-0.1, -0.05) is 24.3 Å². The van der Waals surface area contributed by atoms with Gasteiger partial charge in [0, 0.05) is 19.8 Å². The van der Waals surface area contributed by atoms with E-state index in [9.17, 15) is 23.9 Å². The number of rotatable bonds is 9. The Labute approximate surface area is 167 Å². The van der Waals surface area contributed by atoms with Crippen molar-refractivity contribution in [1.82, 2.24) is 10.6 Å². The molecule has 29 heavy (non-hydrogen) atoms. The van der Waals surface area contributed by atoms with Crippen molar-refractivity contribution in [3.05, 3.63) is 65.5 Å². The number of carboxylic acid groups (broad SMARTS) is 1. The summed E-state index contributed by atoms with van der Waals surface area (Å²) < 4.78 is 18.5. The van der Waals surface area contributed by atoms with Gasteiger partial charge in [0.15, 0.2) is 0 Å². The van der Waals surface area contributed by atoms with Crippen molar-refractivity contribution in [3.63, 3.8) is 0 Å². The van der Waals surface area contributed by atoms with Crippen LogP contribution in [0.25, 0.3) is 0 Å². The van der Waals surface area contributed by atoms with Crippen molar-refractivity contribution in [1.29, 1.82) is 0 Å². The average Bonchev–Trinajstić information content (AvgIpc) is 2.66. The number of methoxy groups -OCH3 is 1. The van der Waals surface area contributed by atoms with Gasteiger partial charge in [-0.05, 0) is 35.4 Å². The van der Waals surface area contributed by atoms with Crippen LogP contribution in [0.3, 0.4) is 0 Å². The van der Waals surface area contributed by atoms with Gasteiger partial charge >= 0.3 is 5.97 Å². The van der Waals surface area contributed by atoms with Crippen LogP contribution in [-0.2, 0) is 27.2 Å². The summed E-state index contributed by atoms with van der Waals surface area (Å²) in [7, 11) is 1.50. The number of hydrogen-bond acceptors (Lipinski definition) is 4. The number of carbonyl (C=O) groups is 3. The largest absolute Gasteiger partial charge is 0.497 e. The van der Waals surface area contributed by atoms with E-state index in [0.29, 0.717) is 16.9 Å². The van der Waals surface area contributed by atoms with Crippen molar-refractivity contribution >= 4 is 17.8 Å². The molecule has 0 spiro atoms. The number of hydrogen-bond donors (Lipinski definition) is 3. The van der Waals surface area contributed by atoms with Crippen molar-refractivity contribution in [2.75, 3.05) is 7.11 Å². The van der Waals surface area contributed by atoms with Gasteiger partial charge in [-0.3, -0.25) is 9.59 Å². The molecule has 0 heterocycles. The summed E-state index contributed by atoms with van der Waals surface area (Å²) in [5, 5.41) is 14.5. The zero-order valence-corrected chi connectivity index (χ0v) is 16.1. The Morgan fingerprint density at radius 2 is 1.62 bits per heavy atom. The average molecular weight is 402 g/mol. The fourth-order valence-corrected chi connectivity index (χ4v) is 2.86. The van der Waals surface area contributed by atoms with Gasteiger partial charge in [0.2, 0.25) is 11.8 Å². The molecule has 0 saturated carbocycles. The Kier molecular flexibility index (Phi) is 7.70. The van der Waals surface area contributed by atoms with Crippen LogP contribution in [0.4, 0.5) is 4.39 Å². The van der Waals surface area contributed by atoms with E-state index in [0.717, 1.165) is 0 Å². The molecule has 0 radical (unpaired) electrons. The molecule has 0 aromatic heterocycles. The van der Waals surface area contributed by atoms with Gasteiger partial charge < -0.3 is 20.5 Å². The van der Waals surface area contributed by atoms with Gasteiger partial charge in [-0.15, -0.1) is 0 Å². The molecule has 0 unspecified atom stereocenters. The van der Waals surface area contributed by atoms with Crippen LogP contribution >= 0.6 is 0 Å². The standard InChI is InChI=1S/C21H23FN2O5/c1-13(25)23-18(11-14-5-3-7-16(22)9-14)20(26)24-19(21(27)28)12-15-6-4-8-17(10-15)29-2/h3-10,18-19H,11-12H2,1-2H3,(H,23,25)(H,24,26)(H,27,28)/t18-,19+/m1/s1. The number of carboxylic acids is 1. The number of carbonyl (C=O) groups excluding carboxylic acids is 2. The summed E-state index contributed by atoms with van der Waals surface area (Å²) in [5.41, 5.74) is 1.16. The Hall–Kier alpha value is -3.42. The first kappa shape index (κ1) is 21.9. The molecule has 8 heteroatoms. The van der Waals surface area contributed by atoms with Gasteiger partial charge in [-0.2, -0.15) is 0 Å². The normalized spacial score (nSPS) is 12.5. The Morgan fingerprint density at radius 1 is 1.00 bits per heavy atom. The van der Waals surface area contributed by atoms with E-state index >= 15 is 0 Å². The minimum atomic E-state index is -1.21. The monoisotopic (exact) mass is 402 g/mol. The summed E-state index contributed by atoms with van der Waals surface area (Å²) in [4.78, 5) is 35.8. The van der Waals surface area contributed by atoms with E-state index < -0.39 is 35.7 Å². The lowest BCUT2D eigenvalue weighted by atomic mass is 10.0. The van der Waals surface area contributed by atoms with Crippen molar-refractivity contribution in [2.24, 2.45) is 0 Å². The molecule has 2 rings (SSSR count). The molecular formula is C21H23FN2O5. The molecule has 0 aliphatic heterocycles. The number of aliphatic carboxylic acids is 1. The summed E-state index contributed by atoms with van der Waals surface area (Å²) in [6.45, 7) is 1.25. The van der Waals surface area contributed by atoms with E-state index in [1.807, 2.05) is 0 Å². The highest BCUT2D eigenvalue weighted by molar-refractivity contribution is 5.90. The SMILES string of the molecule is COc1cccc(C[C@H](NC(=O)[C@@H](Cc2cccc(F)c2)NC(C)=O)C(=O)O)c1. The van der Waals surface area contributed by atoms with Crippen LogP contribution in [0.5, 0.6) is 5.75 Å². The molecule has 0 aliphatic rings. The van der Waals surface area contributed by atoms with E-state index in [4.69, 9.17) is 4.74 Å². The predicted octanol–water partition coefficient (Wildman–Crippen LogP) is 1.69. The minimum Gasteiger partial charge on any atom is -0.497 e. The summed E-state index contributed by atoms with van der Waals surface area (Å²) in [6, 6.07) is 10.2. The minimum absolute atomic E-state index is 0.0225. The lowest BCUT2D eigenvalue weighted by molar-refractivity contribution is -0.142. The zero-order chi connectivity index (χ0) is 21.4. The van der Waals surface area contributed by atoms with Gasteiger partial charge in [0.1, 0.15) is 23.7 Å². The van der Waals surface area contributed by atoms with Crippen LogP contribution in [0, 0.1) is 5.82 Å². The molecule has 3 N–H and O–H groups in total. The lowest BCUT2D eigenvalue weighted by Gasteiger charge is -2.21. The van der Waals surface area contributed by atoms with Crippen molar-refractivity contribution in [2.45, 2.75) is 31.8 Å². The second-order valence-electron chi connectivity index (χ2n) is 6.54. The maximum atomic E-state index is 13.4. The van der Waals surface area contributed by atoms with Crippen LogP contribution < -0.4 is 15.4 Å². The highest BCUT2D eigenvalue weighted by Gasteiger charge is 2.26. The number of benzene rings is 2. The molecule has 7 nitrogen and oxygen atoms in total. The molecular weight excluding hydrogens is 379 g/mol. The summed E-state index contributed by atoms with van der Waals surface area (Å²) >= 11 is 0. The van der Waals surface area contributed by atoms with Crippen LogP contribution in [0.15, 0.2) is 48.5 Å². The van der Waals surface area contributed by atoms with Crippen LogP contribution in [0.2, 0.25) is 0 Å². The molecule has 0 saturated heterocycles. The summed E-state index contributed by atoms with van der Waals surface area (Å²) in [5.74, 6) is -2.24. The van der Waals surface area contributed by atoms with E-state index in [2.05, 4.69) is 10.6 Å². The van der Waals surface area contributed by atoms with Gasteiger partial charge in [-0.25, -0.2) is 9.18 Å². The fraction of sp³-hybridized carbons (Fsp3) is 0.286. The maximum Gasteiger partial charge on any atom is 0.326 e. The molecule has 0 aliphatic carbocycles. The Balaban J connectivity index is 2.14. The first-order valence-electron chi connectivity index (χ1n) is 8.96. The van der Waals surface area contributed by atoms with Crippen molar-refractivity contribution in [3.8, 4) is 5.75 Å². The third-order valence-electron chi connectivity index (χ3n) is 4.21. The first-order valence-corrected chi connectivity index (χ1v) is 8.96. The second-order valence-corrected chi connectivity index (χ2v) is 6.54. The highest BCUT2D eigenvalue weighted by Crippen LogP contribution is 2.14. The first-order chi connectivity index (χ1) is 13.8. The van der Waals surface area contributed by atoms with E-state index in [-0.39, 0.29) is 12.8 Å². The van der Waals surface area contributed by atoms with Crippen molar-refractivity contribution < 1.29 is 28.6 Å². The van der Waals surface area contributed by atoms with Gasteiger partial charge in [0.25, 0.3) is 0 Å². The fourth-order valence-electron chi connectivity index (χ4n) is 2.86.